The molecule has 2 N–H and O–H groups in total. The number of carbonyl (C=O) groups is 1. The van der Waals surface area contributed by atoms with Gasteiger partial charge in [-0.3, -0.25) is 9.97 Å². The Labute approximate surface area is 205 Å². The molecule has 0 spiro atoms. The number of anilines is 2. The molecule has 0 radical (unpaired) electrons. The number of nitrogens with zero attached hydrogens (tertiary/aromatic N) is 7. The number of pyridine rings is 1. The molecule has 0 saturated heterocycles. The Bertz CT molecular complexity index is 1510. The number of carboxylic acids is 1. The van der Waals surface area contributed by atoms with Gasteiger partial charge in [0.05, 0.1) is 47.2 Å². The highest BCUT2D eigenvalue weighted by molar-refractivity contribution is 6.29. The highest BCUT2D eigenvalue weighted by Crippen LogP contribution is 2.32. The maximum Gasteiger partial charge on any atom is 0.356 e. The second kappa shape index (κ2) is 8.77. The van der Waals surface area contributed by atoms with Crippen LogP contribution in [-0.4, -0.2) is 36.0 Å². The number of rotatable bonds is 5. The predicted molar refractivity (Wildman–Crippen MR) is 129 cm³/mol. The van der Waals surface area contributed by atoms with Crippen LogP contribution in [0.1, 0.15) is 51.7 Å². The van der Waals surface area contributed by atoms with E-state index in [-0.39, 0.29) is 22.6 Å². The molecule has 0 aliphatic carbocycles. The Kier molecular flexibility index (Phi) is 5.62. The van der Waals surface area contributed by atoms with Gasteiger partial charge in [0, 0.05) is 18.0 Å². The third-order valence-corrected chi connectivity index (χ3v) is 5.99. The molecule has 1 atom stereocenters. The van der Waals surface area contributed by atoms with Gasteiger partial charge in [-0.2, -0.15) is 5.26 Å². The van der Waals surface area contributed by atoms with Crippen LogP contribution in [0.25, 0.3) is 11.0 Å². The minimum Gasteiger partial charge on any atom is -0.476 e. The zero-order valence-corrected chi connectivity index (χ0v) is 19.6. The first-order chi connectivity index (χ1) is 16.8. The lowest BCUT2D eigenvalue weighted by Crippen LogP contribution is -2.19. The van der Waals surface area contributed by atoms with Crippen LogP contribution in [0.2, 0.25) is 5.15 Å². The molecule has 0 amide bonds. The van der Waals surface area contributed by atoms with Crippen molar-refractivity contribution in [3.8, 4) is 6.07 Å². The van der Waals surface area contributed by atoms with Crippen LogP contribution in [0.15, 0.2) is 36.7 Å². The van der Waals surface area contributed by atoms with E-state index in [1.54, 1.807) is 18.5 Å². The van der Waals surface area contributed by atoms with Crippen molar-refractivity contribution >= 4 is 40.1 Å². The number of aryl methyl sites for hydroxylation is 1. The Morgan fingerprint density at radius 3 is 2.54 bits per heavy atom. The molecule has 0 fully saturated rings. The van der Waals surface area contributed by atoms with Gasteiger partial charge in [0.15, 0.2) is 17.2 Å². The van der Waals surface area contributed by atoms with Crippen LogP contribution in [0, 0.1) is 18.3 Å². The second-order valence-electron chi connectivity index (χ2n) is 8.24. The third kappa shape index (κ3) is 4.18. The molecular weight excluding hydrogens is 468 g/mol. The Balaban J connectivity index is 1.58. The largest absolute Gasteiger partial charge is 0.476 e. The van der Waals surface area contributed by atoms with E-state index in [1.165, 1.54) is 6.07 Å². The van der Waals surface area contributed by atoms with Gasteiger partial charge in [0.25, 0.3) is 0 Å². The maximum absolute atomic E-state index is 11.7. The third-order valence-electron chi connectivity index (χ3n) is 5.77. The molecule has 10 nitrogen and oxygen atoms in total. The fourth-order valence-electron chi connectivity index (χ4n) is 4.20. The molecule has 1 aliphatic heterocycles. The first kappa shape index (κ1) is 22.4. The lowest BCUT2D eigenvalue weighted by Gasteiger charge is -2.21. The fraction of sp³-hybridized carbons (Fsp3) is 0.208. The number of nitriles is 1. The molecule has 174 valence electrons. The molecule has 1 aliphatic rings. The van der Waals surface area contributed by atoms with Gasteiger partial charge >= 0.3 is 5.97 Å². The number of aromatic nitrogens is 5. The van der Waals surface area contributed by atoms with Crippen molar-refractivity contribution in [1.29, 1.82) is 5.26 Å². The summed E-state index contributed by atoms with van der Waals surface area (Å²) < 4.78 is 0. The zero-order chi connectivity index (χ0) is 24.7. The zero-order valence-electron chi connectivity index (χ0n) is 18.8. The fourth-order valence-corrected chi connectivity index (χ4v) is 4.35. The smallest absolute Gasteiger partial charge is 0.356 e. The lowest BCUT2D eigenvalue weighted by atomic mass is 10.0. The van der Waals surface area contributed by atoms with E-state index >= 15 is 0 Å². The molecule has 0 unspecified atom stereocenters. The molecule has 0 saturated carbocycles. The summed E-state index contributed by atoms with van der Waals surface area (Å²) in [5.41, 5.74) is 4.99. The van der Waals surface area contributed by atoms with Gasteiger partial charge in [-0.25, -0.2) is 19.7 Å². The monoisotopic (exact) mass is 486 g/mol. The SMILES string of the molecule is Cc1cc([C@@H](C)Nc2ccc(Cl)nc2C(=O)O)c2nc(N3Cc4nccnc4C3)c(C#N)nc2c1. The summed E-state index contributed by atoms with van der Waals surface area (Å²) in [7, 11) is 0. The van der Waals surface area contributed by atoms with Gasteiger partial charge < -0.3 is 15.3 Å². The Hall–Kier alpha value is -4.36. The van der Waals surface area contributed by atoms with Crippen LogP contribution < -0.4 is 10.2 Å². The van der Waals surface area contributed by atoms with Crippen molar-refractivity contribution in [2.75, 3.05) is 10.2 Å². The number of benzene rings is 1. The summed E-state index contributed by atoms with van der Waals surface area (Å²) in [6.07, 6.45) is 3.29. The van der Waals surface area contributed by atoms with E-state index in [4.69, 9.17) is 16.6 Å². The number of nitrogens with one attached hydrogen (secondary N) is 1. The summed E-state index contributed by atoms with van der Waals surface area (Å²) in [4.78, 5) is 35.8. The first-order valence-electron chi connectivity index (χ1n) is 10.8. The topological polar surface area (TPSA) is 141 Å². The quantitative estimate of drug-likeness (QED) is 0.397. The predicted octanol–water partition coefficient (Wildman–Crippen LogP) is 4.04. The van der Waals surface area contributed by atoms with Crippen LogP contribution in [-0.2, 0) is 13.1 Å². The summed E-state index contributed by atoms with van der Waals surface area (Å²) in [5, 5.41) is 22.7. The summed E-state index contributed by atoms with van der Waals surface area (Å²) in [5.74, 6) is -0.732. The summed E-state index contributed by atoms with van der Waals surface area (Å²) >= 11 is 5.89. The number of aromatic carboxylic acids is 1. The first-order valence-corrected chi connectivity index (χ1v) is 11.1. The molecule has 5 rings (SSSR count). The molecule has 1 aromatic carbocycles. The van der Waals surface area contributed by atoms with Crippen LogP contribution in [0.3, 0.4) is 0 Å². The number of carboxylic acid groups (broad SMARTS) is 1. The normalized spacial score (nSPS) is 13.4. The van der Waals surface area contributed by atoms with E-state index < -0.39 is 5.97 Å². The number of halogens is 1. The van der Waals surface area contributed by atoms with Crippen molar-refractivity contribution in [2.24, 2.45) is 0 Å². The van der Waals surface area contributed by atoms with E-state index in [0.717, 1.165) is 22.5 Å². The summed E-state index contributed by atoms with van der Waals surface area (Å²) in [6, 6.07) is 8.77. The standard InChI is InChI=1S/C24H19ClN8O2/c1-12-7-14(13(2)29-15-3-4-20(25)31-22(15)24(34)35)21-16(8-12)30-17(9-26)23(32-21)33-10-18-19(11-33)28-6-5-27-18/h3-8,13,29H,10-11H2,1-2H3,(H,34,35)/t13-/m1/s1. The van der Waals surface area contributed by atoms with E-state index in [9.17, 15) is 15.2 Å². The maximum atomic E-state index is 11.7. The Morgan fingerprint density at radius 2 is 1.89 bits per heavy atom. The number of hydrogen-bond acceptors (Lipinski definition) is 9. The number of fused-ring (bicyclic) bond motifs is 2. The minimum atomic E-state index is -1.19. The average molecular weight is 487 g/mol. The lowest BCUT2D eigenvalue weighted by molar-refractivity contribution is 0.0691. The van der Waals surface area contributed by atoms with E-state index in [1.807, 2.05) is 30.9 Å². The molecule has 3 aromatic heterocycles. The van der Waals surface area contributed by atoms with Gasteiger partial charge in [-0.15, -0.1) is 0 Å². The van der Waals surface area contributed by atoms with Crippen LogP contribution in [0.5, 0.6) is 0 Å². The van der Waals surface area contributed by atoms with Crippen molar-refractivity contribution in [2.45, 2.75) is 33.0 Å². The molecule has 4 heterocycles. The van der Waals surface area contributed by atoms with Gasteiger partial charge in [-0.1, -0.05) is 17.7 Å². The summed E-state index contributed by atoms with van der Waals surface area (Å²) in [6.45, 7) is 4.78. The van der Waals surface area contributed by atoms with Gasteiger partial charge in [0.2, 0.25) is 0 Å². The molecule has 35 heavy (non-hydrogen) atoms. The second-order valence-corrected chi connectivity index (χ2v) is 8.62. The highest BCUT2D eigenvalue weighted by Gasteiger charge is 2.26. The van der Waals surface area contributed by atoms with Crippen molar-refractivity contribution in [1.82, 2.24) is 24.9 Å². The average Bonchev–Trinajstić information content (AvgIpc) is 3.27. The Morgan fingerprint density at radius 1 is 1.17 bits per heavy atom. The van der Waals surface area contributed by atoms with Crippen molar-refractivity contribution in [3.05, 3.63) is 75.7 Å². The molecular formula is C24H19ClN8O2. The van der Waals surface area contributed by atoms with Crippen molar-refractivity contribution in [3.63, 3.8) is 0 Å². The van der Waals surface area contributed by atoms with Crippen LogP contribution in [0.4, 0.5) is 11.5 Å². The highest BCUT2D eigenvalue weighted by atomic mass is 35.5. The van der Waals surface area contributed by atoms with E-state index in [0.29, 0.717) is 35.6 Å². The molecule has 4 aromatic rings. The molecule has 0 bridgehead atoms. The van der Waals surface area contributed by atoms with E-state index in [2.05, 4.69) is 31.3 Å². The van der Waals surface area contributed by atoms with Gasteiger partial charge in [-0.05, 0) is 37.6 Å². The van der Waals surface area contributed by atoms with Gasteiger partial charge in [0.1, 0.15) is 11.2 Å². The minimum absolute atomic E-state index is 0.0942. The van der Waals surface area contributed by atoms with Crippen molar-refractivity contribution < 1.29 is 9.90 Å². The van der Waals surface area contributed by atoms with Crippen LogP contribution >= 0.6 is 11.6 Å². The number of hydrogen-bond donors (Lipinski definition) is 2. The molecule has 11 heteroatoms.